The minimum absolute atomic E-state index is 0.00232. The molecule has 2 rings (SSSR count). The average Bonchev–Trinajstić information content (AvgIpc) is 2.66. The molecule has 29 heavy (non-hydrogen) atoms. The van der Waals surface area contributed by atoms with Gasteiger partial charge in [0.1, 0.15) is 6.54 Å². The molecular weight excluding hydrogens is 406 g/mol. The zero-order chi connectivity index (χ0) is 21.8. The van der Waals surface area contributed by atoms with Gasteiger partial charge in [-0.3, -0.25) is 29.3 Å². The van der Waals surface area contributed by atoms with Crippen molar-refractivity contribution in [1.82, 2.24) is 0 Å². The summed E-state index contributed by atoms with van der Waals surface area (Å²) in [5.74, 6) is -0.885. The van der Waals surface area contributed by atoms with Gasteiger partial charge in [-0.2, -0.15) is 0 Å². The van der Waals surface area contributed by atoms with E-state index in [1.807, 2.05) is 0 Å². The summed E-state index contributed by atoms with van der Waals surface area (Å²) in [6.45, 7) is 2.22. The number of nitro benzene ring substituents is 2. The molecule has 0 aliphatic heterocycles. The van der Waals surface area contributed by atoms with Crippen molar-refractivity contribution in [3.63, 3.8) is 0 Å². The highest BCUT2D eigenvalue weighted by Crippen LogP contribution is 2.29. The fourth-order valence-electron chi connectivity index (χ4n) is 2.47. The molecule has 0 saturated heterocycles. The van der Waals surface area contributed by atoms with Crippen LogP contribution in [0.5, 0.6) is 0 Å². The monoisotopic (exact) mass is 423 g/mol. The number of nitro groups is 2. The third-order valence-electron chi connectivity index (χ3n) is 3.87. The lowest BCUT2D eigenvalue weighted by Gasteiger charge is -2.23. The molecule has 0 heterocycles. The van der Waals surface area contributed by atoms with Crippen LogP contribution in [0.1, 0.15) is 12.5 Å². The Hall–Kier alpha value is -3.54. The number of esters is 1. The maximum Gasteiger partial charge on any atom is 0.326 e. The number of ether oxygens (including phenoxy) is 1. The first kappa shape index (κ1) is 21.8. The standard InChI is InChI=1S/C17H17N3O8S/c1-3-28-17(21)11-18(13-5-4-6-14(9-13)19(22)23)29(26,27)15-8-7-12(2)16(10-15)20(24)25/h4-10H,3,11H2,1-2H3. The van der Waals surface area contributed by atoms with E-state index in [2.05, 4.69) is 0 Å². The maximum atomic E-state index is 13.2. The van der Waals surface area contributed by atoms with Gasteiger partial charge in [-0.25, -0.2) is 8.42 Å². The van der Waals surface area contributed by atoms with Crippen LogP contribution in [0.2, 0.25) is 0 Å². The van der Waals surface area contributed by atoms with Gasteiger partial charge in [-0.05, 0) is 26.0 Å². The van der Waals surface area contributed by atoms with Crippen LogP contribution in [0, 0.1) is 27.2 Å². The van der Waals surface area contributed by atoms with Crippen LogP contribution in [0.25, 0.3) is 0 Å². The molecule has 12 heteroatoms. The normalized spacial score (nSPS) is 11.0. The van der Waals surface area contributed by atoms with Crippen molar-refractivity contribution in [3.8, 4) is 0 Å². The molecule has 2 aromatic rings. The van der Waals surface area contributed by atoms with Crippen LogP contribution in [-0.4, -0.2) is 37.4 Å². The molecule has 154 valence electrons. The highest BCUT2D eigenvalue weighted by atomic mass is 32.2. The Bertz CT molecular complexity index is 1070. The Morgan fingerprint density at radius 3 is 2.38 bits per heavy atom. The molecule has 0 radical (unpaired) electrons. The second-order valence-electron chi connectivity index (χ2n) is 5.80. The smallest absolute Gasteiger partial charge is 0.326 e. The van der Waals surface area contributed by atoms with Gasteiger partial charge < -0.3 is 4.74 Å². The van der Waals surface area contributed by atoms with Crippen LogP contribution in [0.15, 0.2) is 47.4 Å². The predicted molar refractivity (Wildman–Crippen MR) is 102 cm³/mol. The number of carbonyl (C=O) groups excluding carboxylic acids is 1. The van der Waals surface area contributed by atoms with Crippen molar-refractivity contribution in [1.29, 1.82) is 0 Å². The molecule has 0 aromatic heterocycles. The molecule has 0 atom stereocenters. The van der Waals surface area contributed by atoms with E-state index < -0.39 is 43.0 Å². The molecule has 0 unspecified atom stereocenters. The van der Waals surface area contributed by atoms with Crippen LogP contribution in [0.4, 0.5) is 17.1 Å². The maximum absolute atomic E-state index is 13.2. The molecule has 0 amide bonds. The molecule has 11 nitrogen and oxygen atoms in total. The SMILES string of the molecule is CCOC(=O)CN(c1cccc([N+](=O)[O-])c1)S(=O)(=O)c1ccc(C)c([N+](=O)[O-])c1. The van der Waals surface area contributed by atoms with Gasteiger partial charge in [0.05, 0.1) is 27.0 Å². The first-order valence-electron chi connectivity index (χ1n) is 8.25. The zero-order valence-electron chi connectivity index (χ0n) is 15.5. The summed E-state index contributed by atoms with van der Waals surface area (Å²) in [7, 11) is -4.48. The number of carbonyl (C=O) groups is 1. The minimum Gasteiger partial charge on any atom is -0.465 e. The number of anilines is 1. The number of aryl methyl sites for hydroxylation is 1. The molecule has 0 bridgehead atoms. The van der Waals surface area contributed by atoms with E-state index in [9.17, 15) is 33.4 Å². The highest BCUT2D eigenvalue weighted by molar-refractivity contribution is 7.92. The summed E-state index contributed by atoms with van der Waals surface area (Å²) < 4.78 is 31.7. The van der Waals surface area contributed by atoms with Crippen molar-refractivity contribution < 1.29 is 27.8 Å². The molecule has 0 aliphatic carbocycles. The van der Waals surface area contributed by atoms with Crippen LogP contribution in [-0.2, 0) is 19.6 Å². The summed E-state index contributed by atoms with van der Waals surface area (Å²) in [6.07, 6.45) is 0. The van der Waals surface area contributed by atoms with Crippen LogP contribution >= 0.6 is 0 Å². The zero-order valence-corrected chi connectivity index (χ0v) is 16.3. The Labute approximate surface area is 165 Å². The predicted octanol–water partition coefficient (Wildman–Crippen LogP) is 2.57. The first-order chi connectivity index (χ1) is 13.6. The number of nitrogens with zero attached hydrogens (tertiary/aromatic N) is 3. The van der Waals surface area contributed by atoms with E-state index in [-0.39, 0.29) is 23.5 Å². The van der Waals surface area contributed by atoms with Crippen molar-refractivity contribution in [3.05, 3.63) is 68.3 Å². The lowest BCUT2D eigenvalue weighted by molar-refractivity contribution is -0.385. The minimum atomic E-state index is -4.48. The first-order valence-corrected chi connectivity index (χ1v) is 9.69. The van der Waals surface area contributed by atoms with E-state index >= 15 is 0 Å². The van der Waals surface area contributed by atoms with Gasteiger partial charge in [0, 0.05) is 23.8 Å². The van der Waals surface area contributed by atoms with Crippen LogP contribution in [0.3, 0.4) is 0 Å². The van der Waals surface area contributed by atoms with E-state index in [0.717, 1.165) is 24.3 Å². The third-order valence-corrected chi connectivity index (χ3v) is 5.64. The van der Waals surface area contributed by atoms with E-state index in [0.29, 0.717) is 4.31 Å². The number of hydrogen-bond donors (Lipinski definition) is 0. The van der Waals surface area contributed by atoms with Crippen molar-refractivity contribution >= 4 is 33.1 Å². The number of rotatable bonds is 8. The van der Waals surface area contributed by atoms with E-state index in [1.165, 1.54) is 32.0 Å². The van der Waals surface area contributed by atoms with Gasteiger partial charge >= 0.3 is 5.97 Å². The van der Waals surface area contributed by atoms with Gasteiger partial charge in [-0.15, -0.1) is 0 Å². The number of benzene rings is 2. The van der Waals surface area contributed by atoms with E-state index in [1.54, 1.807) is 0 Å². The lowest BCUT2D eigenvalue weighted by Crippen LogP contribution is -2.36. The third kappa shape index (κ3) is 4.85. The summed E-state index contributed by atoms with van der Waals surface area (Å²) in [4.78, 5) is 32.3. The van der Waals surface area contributed by atoms with Gasteiger partial charge in [0.25, 0.3) is 21.4 Å². The Morgan fingerprint density at radius 1 is 1.10 bits per heavy atom. The summed E-state index contributed by atoms with van der Waals surface area (Å²) >= 11 is 0. The molecule has 0 saturated carbocycles. The average molecular weight is 423 g/mol. The Morgan fingerprint density at radius 2 is 1.79 bits per heavy atom. The molecule has 0 fully saturated rings. The summed E-state index contributed by atoms with van der Waals surface area (Å²) in [6, 6.07) is 7.98. The molecule has 0 N–H and O–H groups in total. The van der Waals surface area contributed by atoms with Gasteiger partial charge in [-0.1, -0.05) is 12.1 Å². The fraction of sp³-hybridized carbons (Fsp3) is 0.235. The molecule has 2 aromatic carbocycles. The second-order valence-corrected chi connectivity index (χ2v) is 7.66. The Balaban J connectivity index is 2.62. The van der Waals surface area contributed by atoms with E-state index in [4.69, 9.17) is 4.74 Å². The van der Waals surface area contributed by atoms with Gasteiger partial charge in [0.2, 0.25) is 0 Å². The second kappa shape index (κ2) is 8.65. The lowest BCUT2D eigenvalue weighted by atomic mass is 10.2. The van der Waals surface area contributed by atoms with Crippen LogP contribution < -0.4 is 4.31 Å². The fourth-order valence-corrected chi connectivity index (χ4v) is 3.90. The number of hydrogen-bond acceptors (Lipinski definition) is 8. The molecule has 0 spiro atoms. The topological polar surface area (TPSA) is 150 Å². The van der Waals surface area contributed by atoms with Crippen molar-refractivity contribution in [2.75, 3.05) is 17.5 Å². The molecular formula is C17H17N3O8S. The quantitative estimate of drug-likeness (QED) is 0.357. The highest BCUT2D eigenvalue weighted by Gasteiger charge is 2.30. The Kier molecular flexibility index (Phi) is 6.49. The largest absolute Gasteiger partial charge is 0.465 e. The van der Waals surface area contributed by atoms with Crippen molar-refractivity contribution in [2.24, 2.45) is 0 Å². The summed E-state index contributed by atoms with van der Waals surface area (Å²) in [5, 5.41) is 22.2. The van der Waals surface area contributed by atoms with Crippen molar-refractivity contribution in [2.45, 2.75) is 18.7 Å². The molecule has 0 aliphatic rings. The van der Waals surface area contributed by atoms with Gasteiger partial charge in [0.15, 0.2) is 0 Å². The summed E-state index contributed by atoms with van der Waals surface area (Å²) in [5.41, 5.74) is -0.709. The number of non-ortho nitro benzene ring substituents is 1. The number of sulfonamides is 1.